The number of benzene rings is 2. The molecule has 0 atom stereocenters. The predicted molar refractivity (Wildman–Crippen MR) is 103 cm³/mol. The molecule has 2 heterocycles. The minimum atomic E-state index is -0.255. The Bertz CT molecular complexity index is 966. The van der Waals surface area contributed by atoms with Crippen molar-refractivity contribution in [2.45, 2.75) is 20.3 Å². The van der Waals surface area contributed by atoms with Crippen LogP contribution in [0.25, 0.3) is 0 Å². The number of nitrogens with zero attached hydrogens (tertiary/aromatic N) is 3. The normalized spacial score (nSPS) is 12.8. The molecule has 5 heteroatoms. The van der Waals surface area contributed by atoms with E-state index in [9.17, 15) is 4.79 Å². The lowest BCUT2D eigenvalue weighted by molar-refractivity contribution is 0.102. The van der Waals surface area contributed by atoms with Crippen molar-refractivity contribution >= 4 is 23.1 Å². The number of nitrogens with one attached hydrogen (secondary N) is 1. The zero-order chi connectivity index (χ0) is 18.1. The number of para-hydroxylation sites is 1. The number of hydrogen-bond acceptors (Lipinski definition) is 4. The summed E-state index contributed by atoms with van der Waals surface area (Å²) in [4.78, 5) is 23.3. The summed E-state index contributed by atoms with van der Waals surface area (Å²) in [5, 5.41) is 2.88. The van der Waals surface area contributed by atoms with E-state index in [0.29, 0.717) is 5.69 Å². The summed E-state index contributed by atoms with van der Waals surface area (Å²) in [6.07, 6.45) is 4.19. The fourth-order valence-electron chi connectivity index (χ4n) is 3.17. The van der Waals surface area contributed by atoms with Crippen LogP contribution < -0.4 is 10.2 Å². The van der Waals surface area contributed by atoms with Crippen molar-refractivity contribution in [3.05, 3.63) is 77.2 Å². The lowest BCUT2D eigenvalue weighted by Crippen LogP contribution is -2.18. The first-order valence-electron chi connectivity index (χ1n) is 8.68. The van der Waals surface area contributed by atoms with Crippen LogP contribution in [-0.2, 0) is 6.42 Å². The van der Waals surface area contributed by atoms with E-state index in [0.717, 1.165) is 35.7 Å². The highest BCUT2D eigenvalue weighted by atomic mass is 16.1. The molecule has 0 bridgehead atoms. The number of amides is 1. The van der Waals surface area contributed by atoms with Crippen molar-refractivity contribution in [3.63, 3.8) is 0 Å². The summed E-state index contributed by atoms with van der Waals surface area (Å²) in [6.45, 7) is 4.94. The van der Waals surface area contributed by atoms with Gasteiger partial charge >= 0.3 is 0 Å². The Kier molecular flexibility index (Phi) is 4.13. The molecule has 0 radical (unpaired) electrons. The van der Waals surface area contributed by atoms with Gasteiger partial charge in [0.05, 0.1) is 12.4 Å². The summed E-state index contributed by atoms with van der Waals surface area (Å²) in [5.74, 6) is 0.506. The molecule has 0 spiro atoms. The van der Waals surface area contributed by atoms with Crippen LogP contribution >= 0.6 is 0 Å². The first-order chi connectivity index (χ1) is 12.6. The fourth-order valence-corrected chi connectivity index (χ4v) is 3.17. The number of carbonyl (C=O) groups excluding carboxylic acids is 1. The largest absolute Gasteiger partial charge is 0.325 e. The van der Waals surface area contributed by atoms with Crippen molar-refractivity contribution in [1.82, 2.24) is 9.97 Å². The van der Waals surface area contributed by atoms with Crippen LogP contribution in [0.1, 0.15) is 27.2 Å². The molecule has 0 fully saturated rings. The average Bonchev–Trinajstić information content (AvgIpc) is 3.09. The number of aryl methyl sites for hydroxylation is 2. The third-order valence-corrected chi connectivity index (χ3v) is 4.80. The number of anilines is 3. The first kappa shape index (κ1) is 16.3. The van der Waals surface area contributed by atoms with Gasteiger partial charge in [-0.25, -0.2) is 9.97 Å². The maximum Gasteiger partial charge on any atom is 0.275 e. The summed E-state index contributed by atoms with van der Waals surface area (Å²) < 4.78 is 0. The van der Waals surface area contributed by atoms with Gasteiger partial charge in [0.2, 0.25) is 0 Å². The predicted octanol–water partition coefficient (Wildman–Crippen LogP) is 4.04. The minimum Gasteiger partial charge on any atom is -0.325 e. The van der Waals surface area contributed by atoms with Crippen LogP contribution in [0.15, 0.2) is 54.9 Å². The second-order valence-corrected chi connectivity index (χ2v) is 6.54. The highest BCUT2D eigenvalue weighted by Gasteiger charge is 2.21. The Hall–Kier alpha value is -3.21. The van der Waals surface area contributed by atoms with Crippen LogP contribution in [0.4, 0.5) is 17.2 Å². The summed E-state index contributed by atoms with van der Waals surface area (Å²) in [6, 6.07) is 14.1. The molecule has 5 nitrogen and oxygen atoms in total. The van der Waals surface area contributed by atoms with E-state index in [2.05, 4.69) is 32.3 Å². The van der Waals surface area contributed by atoms with Gasteiger partial charge in [-0.2, -0.15) is 0 Å². The average molecular weight is 344 g/mol. The molecule has 1 aromatic heterocycles. The first-order valence-corrected chi connectivity index (χ1v) is 8.68. The van der Waals surface area contributed by atoms with Gasteiger partial charge in [-0.1, -0.05) is 24.3 Å². The van der Waals surface area contributed by atoms with E-state index in [4.69, 9.17) is 0 Å². The number of hydrogen-bond donors (Lipinski definition) is 1. The zero-order valence-electron chi connectivity index (χ0n) is 14.9. The molecule has 0 unspecified atom stereocenters. The van der Waals surface area contributed by atoms with Crippen LogP contribution in [0, 0.1) is 13.8 Å². The molecular formula is C21H20N4O. The van der Waals surface area contributed by atoms with Crippen molar-refractivity contribution in [2.75, 3.05) is 16.8 Å². The van der Waals surface area contributed by atoms with Gasteiger partial charge in [0, 0.05) is 17.9 Å². The maximum atomic E-state index is 12.4. The molecule has 3 aromatic rings. The van der Waals surface area contributed by atoms with Gasteiger partial charge in [-0.3, -0.25) is 4.79 Å². The molecule has 130 valence electrons. The van der Waals surface area contributed by atoms with Gasteiger partial charge in [0.1, 0.15) is 5.69 Å². The van der Waals surface area contributed by atoms with E-state index in [1.54, 1.807) is 6.20 Å². The quantitative estimate of drug-likeness (QED) is 0.779. The van der Waals surface area contributed by atoms with Gasteiger partial charge in [-0.15, -0.1) is 0 Å². The smallest absolute Gasteiger partial charge is 0.275 e. The zero-order valence-corrected chi connectivity index (χ0v) is 14.9. The topological polar surface area (TPSA) is 58.1 Å². The molecule has 1 amide bonds. The highest BCUT2D eigenvalue weighted by Crippen LogP contribution is 2.32. The van der Waals surface area contributed by atoms with E-state index in [1.807, 2.05) is 44.2 Å². The van der Waals surface area contributed by atoms with Crippen LogP contribution in [0.2, 0.25) is 0 Å². The summed E-state index contributed by atoms with van der Waals surface area (Å²) >= 11 is 0. The van der Waals surface area contributed by atoms with Crippen LogP contribution in [0.3, 0.4) is 0 Å². The monoisotopic (exact) mass is 344 g/mol. The Morgan fingerprint density at radius 3 is 2.65 bits per heavy atom. The van der Waals surface area contributed by atoms with Crippen molar-refractivity contribution < 1.29 is 4.79 Å². The van der Waals surface area contributed by atoms with Gasteiger partial charge < -0.3 is 10.2 Å². The Morgan fingerprint density at radius 1 is 1.04 bits per heavy atom. The molecule has 1 N–H and O–H groups in total. The fraction of sp³-hybridized carbons (Fsp3) is 0.190. The molecule has 0 saturated heterocycles. The van der Waals surface area contributed by atoms with E-state index in [1.165, 1.54) is 17.3 Å². The SMILES string of the molecule is Cc1ccc(NC(=O)c2cnc(N3CCc4ccccc43)cn2)cc1C. The van der Waals surface area contributed by atoms with Gasteiger partial charge in [0.15, 0.2) is 5.82 Å². The Labute approximate surface area is 152 Å². The molecule has 1 aliphatic heterocycles. The molecule has 26 heavy (non-hydrogen) atoms. The van der Waals surface area contributed by atoms with Gasteiger partial charge in [-0.05, 0) is 55.2 Å². The van der Waals surface area contributed by atoms with Gasteiger partial charge in [0.25, 0.3) is 5.91 Å². The second kappa shape index (κ2) is 6.59. The van der Waals surface area contributed by atoms with Crippen molar-refractivity contribution in [2.24, 2.45) is 0 Å². The standard InChI is InChI=1S/C21H20N4O/c1-14-7-8-17(11-15(14)2)24-21(26)18-12-23-20(13-22-18)25-10-9-16-5-3-4-6-19(16)25/h3-8,11-13H,9-10H2,1-2H3,(H,24,26). The molecule has 1 aliphatic rings. The number of aromatic nitrogens is 2. The van der Waals surface area contributed by atoms with E-state index < -0.39 is 0 Å². The van der Waals surface area contributed by atoms with Crippen LogP contribution in [0.5, 0.6) is 0 Å². The third-order valence-electron chi connectivity index (χ3n) is 4.80. The summed E-state index contributed by atoms with van der Waals surface area (Å²) in [5.41, 5.74) is 5.87. The molecule has 2 aromatic carbocycles. The van der Waals surface area contributed by atoms with Crippen molar-refractivity contribution in [1.29, 1.82) is 0 Å². The lowest BCUT2D eigenvalue weighted by Gasteiger charge is -2.17. The Balaban J connectivity index is 1.51. The molecule has 4 rings (SSSR count). The van der Waals surface area contributed by atoms with Crippen molar-refractivity contribution in [3.8, 4) is 0 Å². The Morgan fingerprint density at radius 2 is 1.88 bits per heavy atom. The maximum absolute atomic E-state index is 12.4. The highest BCUT2D eigenvalue weighted by molar-refractivity contribution is 6.02. The van der Waals surface area contributed by atoms with E-state index in [-0.39, 0.29) is 5.91 Å². The molecule has 0 aliphatic carbocycles. The molecular weight excluding hydrogens is 324 g/mol. The lowest BCUT2D eigenvalue weighted by atomic mass is 10.1. The molecule has 0 saturated carbocycles. The number of fused-ring (bicyclic) bond motifs is 1. The van der Waals surface area contributed by atoms with E-state index >= 15 is 0 Å². The third kappa shape index (κ3) is 3.04. The second-order valence-electron chi connectivity index (χ2n) is 6.54. The summed E-state index contributed by atoms with van der Waals surface area (Å²) in [7, 11) is 0. The number of carbonyl (C=O) groups is 1. The minimum absolute atomic E-state index is 0.255. The van der Waals surface area contributed by atoms with Crippen LogP contribution in [-0.4, -0.2) is 22.4 Å². The number of rotatable bonds is 3.